The van der Waals surface area contributed by atoms with Gasteiger partial charge in [-0.2, -0.15) is 0 Å². The lowest BCUT2D eigenvalue weighted by molar-refractivity contribution is -0.139. The van der Waals surface area contributed by atoms with Gasteiger partial charge in [-0.3, -0.25) is 0 Å². The Hall–Kier alpha value is -2.77. The van der Waals surface area contributed by atoms with Gasteiger partial charge >= 0.3 is 5.97 Å². The minimum Gasteiger partial charge on any atom is -0.482 e. The smallest absolute Gasteiger partial charge is 0.341 e. The van der Waals surface area contributed by atoms with Gasteiger partial charge in [0, 0.05) is 22.9 Å². The first kappa shape index (κ1) is 25.5. The Morgan fingerprint density at radius 2 is 1.66 bits per heavy atom. The molecule has 0 aliphatic rings. The number of rotatable bonds is 11. The minimum atomic E-state index is -1.00. The molecule has 0 bridgehead atoms. The lowest BCUT2D eigenvalue weighted by Crippen LogP contribution is -2.23. The summed E-state index contributed by atoms with van der Waals surface area (Å²) in [5, 5.41) is 26.1. The average Bonchev–Trinajstić information content (AvgIpc) is 2.77. The minimum absolute atomic E-state index is 0. The largest absolute Gasteiger partial charge is 0.482 e. The van der Waals surface area contributed by atoms with Gasteiger partial charge in [-0.1, -0.05) is 35.9 Å². The van der Waals surface area contributed by atoms with Gasteiger partial charge in [-0.15, -0.1) is 12.4 Å². The molecule has 3 aromatic rings. The number of aliphatic carboxylic acids is 1. The van der Waals surface area contributed by atoms with E-state index >= 15 is 0 Å². The first-order valence-electron chi connectivity index (χ1n) is 9.94. The van der Waals surface area contributed by atoms with Crippen LogP contribution in [0.15, 0.2) is 72.8 Å². The van der Waals surface area contributed by atoms with Crippen molar-refractivity contribution < 1.29 is 19.7 Å². The second-order valence-electron chi connectivity index (χ2n) is 7.05. The molecule has 0 radical (unpaired) electrons. The van der Waals surface area contributed by atoms with Gasteiger partial charge < -0.3 is 25.6 Å². The fraction of sp³-hybridized carbons (Fsp3) is 0.208. The third-order valence-electron chi connectivity index (χ3n) is 4.62. The van der Waals surface area contributed by atoms with Crippen LogP contribution in [-0.4, -0.2) is 35.9 Å². The van der Waals surface area contributed by atoms with Gasteiger partial charge in [0.05, 0.1) is 6.10 Å². The number of carbonyl (C=O) groups is 1. The van der Waals surface area contributed by atoms with Gasteiger partial charge in [-0.25, -0.2) is 4.79 Å². The molecule has 4 N–H and O–H groups in total. The molecule has 0 spiro atoms. The quantitative estimate of drug-likeness (QED) is 0.296. The van der Waals surface area contributed by atoms with Crippen LogP contribution < -0.4 is 15.4 Å². The Balaban J connectivity index is 0.00000363. The van der Waals surface area contributed by atoms with E-state index in [4.69, 9.17) is 21.4 Å². The number of ether oxygens (including phenoxy) is 1. The van der Waals surface area contributed by atoms with E-state index in [1.165, 1.54) is 5.56 Å². The molecule has 0 saturated carbocycles. The highest BCUT2D eigenvalue weighted by atomic mass is 35.5. The van der Waals surface area contributed by atoms with Crippen molar-refractivity contribution >= 4 is 41.4 Å². The number of aliphatic hydroxyl groups excluding tert-OH is 1. The van der Waals surface area contributed by atoms with Crippen molar-refractivity contribution in [3.63, 3.8) is 0 Å². The third kappa shape index (κ3) is 8.40. The first-order chi connectivity index (χ1) is 15.0. The molecule has 0 aromatic heterocycles. The Labute approximate surface area is 198 Å². The standard InChI is InChI=1S/C24H25ClN2O4.ClH/c25-19-3-1-2-18(14-19)23(28)15-26-13-12-17-4-6-20(7-5-17)27-21-8-10-22(11-9-21)31-16-24(29)30;/h1-11,14,23,26-28H,12-13,15-16H2,(H,29,30);1H/t23-;/m0./s1. The maximum absolute atomic E-state index is 10.5. The molecule has 170 valence electrons. The zero-order valence-corrected chi connectivity index (χ0v) is 18.9. The number of nitrogens with one attached hydrogen (secondary N) is 2. The van der Waals surface area contributed by atoms with Crippen molar-refractivity contribution in [2.24, 2.45) is 0 Å². The lowest BCUT2D eigenvalue weighted by atomic mass is 10.1. The summed E-state index contributed by atoms with van der Waals surface area (Å²) in [6.45, 7) is 0.858. The number of benzene rings is 3. The number of hydrogen-bond donors (Lipinski definition) is 4. The predicted molar refractivity (Wildman–Crippen MR) is 130 cm³/mol. The van der Waals surface area contributed by atoms with Gasteiger partial charge in [0.1, 0.15) is 5.75 Å². The summed E-state index contributed by atoms with van der Waals surface area (Å²) in [7, 11) is 0. The summed E-state index contributed by atoms with van der Waals surface area (Å²) in [4.78, 5) is 10.5. The molecular weight excluding hydrogens is 451 g/mol. The molecule has 0 amide bonds. The molecule has 32 heavy (non-hydrogen) atoms. The summed E-state index contributed by atoms with van der Waals surface area (Å²) in [5.41, 5.74) is 3.82. The van der Waals surface area contributed by atoms with Crippen LogP contribution >= 0.6 is 24.0 Å². The second-order valence-corrected chi connectivity index (χ2v) is 7.49. The van der Waals surface area contributed by atoms with E-state index in [2.05, 4.69) is 22.8 Å². The molecule has 0 aliphatic heterocycles. The molecule has 0 saturated heterocycles. The van der Waals surface area contributed by atoms with E-state index in [0.717, 1.165) is 29.9 Å². The topological polar surface area (TPSA) is 90.8 Å². The Kier molecular flexibility index (Phi) is 10.3. The van der Waals surface area contributed by atoms with E-state index in [9.17, 15) is 9.90 Å². The number of hydrogen-bond acceptors (Lipinski definition) is 5. The molecule has 0 unspecified atom stereocenters. The molecule has 8 heteroatoms. The number of carboxylic acid groups (broad SMARTS) is 1. The number of anilines is 2. The van der Waals surface area contributed by atoms with Crippen molar-refractivity contribution in [1.82, 2.24) is 5.32 Å². The summed E-state index contributed by atoms with van der Waals surface area (Å²) in [6, 6.07) is 22.5. The highest BCUT2D eigenvalue weighted by Gasteiger charge is 2.07. The Bertz CT molecular complexity index is 982. The molecule has 1 atom stereocenters. The summed E-state index contributed by atoms with van der Waals surface area (Å²) in [6.07, 6.45) is 0.254. The summed E-state index contributed by atoms with van der Waals surface area (Å²) < 4.78 is 5.13. The second kappa shape index (κ2) is 12.9. The maximum atomic E-state index is 10.5. The summed E-state index contributed by atoms with van der Waals surface area (Å²) in [5.74, 6) is -0.494. The Morgan fingerprint density at radius 1 is 1.00 bits per heavy atom. The van der Waals surface area contributed by atoms with Crippen LogP contribution in [0.4, 0.5) is 11.4 Å². The SMILES string of the molecule is Cl.O=C(O)COc1ccc(Nc2ccc(CCNC[C@H](O)c3cccc(Cl)c3)cc2)cc1. The molecule has 0 fully saturated rings. The van der Waals surface area contributed by atoms with Gasteiger partial charge in [0.2, 0.25) is 0 Å². The molecule has 3 aromatic carbocycles. The van der Waals surface area contributed by atoms with Crippen LogP contribution in [0, 0.1) is 0 Å². The van der Waals surface area contributed by atoms with Crippen LogP contribution in [0.3, 0.4) is 0 Å². The molecule has 0 heterocycles. The fourth-order valence-electron chi connectivity index (χ4n) is 3.00. The van der Waals surface area contributed by atoms with E-state index < -0.39 is 12.1 Å². The molecular formula is C24H26Cl2N2O4. The number of carboxylic acids is 1. The van der Waals surface area contributed by atoms with Gasteiger partial charge in [0.25, 0.3) is 0 Å². The van der Waals surface area contributed by atoms with Crippen molar-refractivity contribution in [3.05, 3.63) is 88.9 Å². The highest BCUT2D eigenvalue weighted by Crippen LogP contribution is 2.21. The molecule has 3 rings (SSSR count). The van der Waals surface area contributed by atoms with Crippen molar-refractivity contribution in [2.45, 2.75) is 12.5 Å². The summed E-state index contributed by atoms with van der Waals surface area (Å²) >= 11 is 5.96. The van der Waals surface area contributed by atoms with Gasteiger partial charge in [0.15, 0.2) is 6.61 Å². The number of aliphatic hydroxyl groups is 1. The van der Waals surface area contributed by atoms with E-state index in [0.29, 0.717) is 17.3 Å². The van der Waals surface area contributed by atoms with Crippen molar-refractivity contribution in [2.75, 3.05) is 25.0 Å². The van der Waals surface area contributed by atoms with Crippen molar-refractivity contribution in [1.29, 1.82) is 0 Å². The first-order valence-corrected chi connectivity index (χ1v) is 10.3. The highest BCUT2D eigenvalue weighted by molar-refractivity contribution is 6.30. The normalized spacial score (nSPS) is 11.3. The average molecular weight is 477 g/mol. The van der Waals surface area contributed by atoms with Crippen LogP contribution in [-0.2, 0) is 11.2 Å². The zero-order chi connectivity index (χ0) is 22.1. The van der Waals surface area contributed by atoms with Crippen molar-refractivity contribution in [3.8, 4) is 5.75 Å². The maximum Gasteiger partial charge on any atom is 0.341 e. The fourth-order valence-corrected chi connectivity index (χ4v) is 3.20. The molecule has 0 aliphatic carbocycles. The van der Waals surface area contributed by atoms with Gasteiger partial charge in [-0.05, 0) is 72.6 Å². The number of halogens is 2. The van der Waals surface area contributed by atoms with E-state index in [1.807, 2.05) is 36.4 Å². The third-order valence-corrected chi connectivity index (χ3v) is 4.86. The Morgan fingerprint density at radius 3 is 2.28 bits per heavy atom. The van der Waals surface area contributed by atoms with Crippen LogP contribution in [0.25, 0.3) is 0 Å². The van der Waals surface area contributed by atoms with E-state index in [1.54, 1.807) is 24.3 Å². The predicted octanol–water partition coefficient (Wildman–Crippen LogP) is 4.83. The molecule has 6 nitrogen and oxygen atoms in total. The zero-order valence-electron chi connectivity index (χ0n) is 17.3. The van der Waals surface area contributed by atoms with Crippen LogP contribution in [0.2, 0.25) is 5.02 Å². The monoisotopic (exact) mass is 476 g/mol. The van der Waals surface area contributed by atoms with Crippen LogP contribution in [0.1, 0.15) is 17.2 Å². The lowest BCUT2D eigenvalue weighted by Gasteiger charge is -2.13. The van der Waals surface area contributed by atoms with Crippen LogP contribution in [0.5, 0.6) is 5.75 Å². The van der Waals surface area contributed by atoms with E-state index in [-0.39, 0.29) is 19.0 Å².